The van der Waals surface area contributed by atoms with Gasteiger partial charge >= 0.3 is 12.0 Å². The Kier molecular flexibility index (Phi) is 9.01. The average Bonchev–Trinajstić information content (AvgIpc) is 3.07. The van der Waals surface area contributed by atoms with Gasteiger partial charge < -0.3 is 24.8 Å². The summed E-state index contributed by atoms with van der Waals surface area (Å²) in [5.41, 5.74) is 0.326. The van der Waals surface area contributed by atoms with Crippen LogP contribution in [0.2, 0.25) is 0 Å². The molecule has 1 heterocycles. The van der Waals surface area contributed by atoms with Gasteiger partial charge in [-0.1, -0.05) is 12.1 Å². The van der Waals surface area contributed by atoms with Crippen LogP contribution in [0, 0.1) is 5.82 Å². The lowest BCUT2D eigenvalue weighted by Gasteiger charge is -2.14. The Labute approximate surface area is 214 Å². The normalized spacial score (nSPS) is 14.0. The lowest BCUT2D eigenvalue weighted by atomic mass is 10.1. The number of imide groups is 1. The van der Waals surface area contributed by atoms with E-state index in [0.29, 0.717) is 27.3 Å². The standard InChI is InChI=1S/C24H23BrFN3O7/c1-3-34-19-11-14(9-15(25)22(19)36-13-21(31)35-4-2)10-18-23(32)29(24(33)28-18)12-20(30)27-17-8-6-5-7-16(17)26/h5-11H,3-4,12-13H2,1-2H3,(H,27,30)(H,28,33)/b18-10+. The molecular formula is C24H23BrFN3O7. The molecule has 0 saturated carbocycles. The summed E-state index contributed by atoms with van der Waals surface area (Å²) in [6.07, 6.45) is 1.40. The lowest BCUT2D eigenvalue weighted by Crippen LogP contribution is -2.38. The third-order valence-corrected chi connectivity index (χ3v) is 5.28. The maximum absolute atomic E-state index is 13.8. The first kappa shape index (κ1) is 26.7. The van der Waals surface area contributed by atoms with E-state index in [0.717, 1.165) is 0 Å². The number of carbonyl (C=O) groups excluding carboxylic acids is 4. The zero-order valence-electron chi connectivity index (χ0n) is 19.4. The highest BCUT2D eigenvalue weighted by Gasteiger charge is 2.35. The molecule has 2 aromatic rings. The number of amides is 4. The van der Waals surface area contributed by atoms with Crippen LogP contribution in [0.1, 0.15) is 19.4 Å². The van der Waals surface area contributed by atoms with Gasteiger partial charge in [-0.25, -0.2) is 18.9 Å². The van der Waals surface area contributed by atoms with Gasteiger partial charge in [0, 0.05) is 0 Å². The summed E-state index contributed by atoms with van der Waals surface area (Å²) in [4.78, 5) is 49.7. The highest BCUT2D eigenvalue weighted by atomic mass is 79.9. The number of hydrogen-bond donors (Lipinski definition) is 2. The number of benzene rings is 2. The van der Waals surface area contributed by atoms with Crippen LogP contribution in [0.5, 0.6) is 11.5 Å². The van der Waals surface area contributed by atoms with Crippen molar-refractivity contribution in [2.75, 3.05) is 31.7 Å². The molecule has 0 aliphatic carbocycles. The zero-order chi connectivity index (χ0) is 26.2. The summed E-state index contributed by atoms with van der Waals surface area (Å²) in [6.45, 7) is 3.02. The molecule has 0 bridgehead atoms. The predicted octanol–water partition coefficient (Wildman–Crippen LogP) is 3.46. The van der Waals surface area contributed by atoms with Crippen molar-refractivity contribution in [2.24, 2.45) is 0 Å². The lowest BCUT2D eigenvalue weighted by molar-refractivity contribution is -0.145. The summed E-state index contributed by atoms with van der Waals surface area (Å²) in [7, 11) is 0. The predicted molar refractivity (Wildman–Crippen MR) is 131 cm³/mol. The fraction of sp³-hybridized carbons (Fsp3) is 0.250. The van der Waals surface area contributed by atoms with Crippen molar-refractivity contribution in [3.8, 4) is 11.5 Å². The van der Waals surface area contributed by atoms with Gasteiger partial charge in [0.15, 0.2) is 18.1 Å². The quantitative estimate of drug-likeness (QED) is 0.258. The van der Waals surface area contributed by atoms with Gasteiger partial charge in [-0.05, 0) is 65.7 Å². The molecule has 0 radical (unpaired) electrons. The molecule has 190 valence electrons. The number of para-hydroxylation sites is 1. The third kappa shape index (κ3) is 6.60. The summed E-state index contributed by atoms with van der Waals surface area (Å²) < 4.78 is 30.2. The molecular weight excluding hydrogens is 541 g/mol. The monoisotopic (exact) mass is 563 g/mol. The smallest absolute Gasteiger partial charge is 0.344 e. The molecule has 10 nitrogen and oxygen atoms in total. The van der Waals surface area contributed by atoms with E-state index in [1.165, 1.54) is 30.3 Å². The van der Waals surface area contributed by atoms with E-state index in [4.69, 9.17) is 14.2 Å². The van der Waals surface area contributed by atoms with Crippen molar-refractivity contribution < 1.29 is 37.8 Å². The second kappa shape index (κ2) is 12.2. The van der Waals surface area contributed by atoms with Gasteiger partial charge in [0.05, 0.1) is 23.4 Å². The molecule has 0 unspecified atom stereocenters. The number of urea groups is 1. The molecule has 36 heavy (non-hydrogen) atoms. The highest BCUT2D eigenvalue weighted by molar-refractivity contribution is 9.10. The fourth-order valence-electron chi connectivity index (χ4n) is 3.19. The molecule has 1 aliphatic rings. The van der Waals surface area contributed by atoms with Crippen LogP contribution < -0.4 is 20.1 Å². The molecule has 0 spiro atoms. The number of hydrogen-bond acceptors (Lipinski definition) is 7. The first-order valence-electron chi connectivity index (χ1n) is 10.9. The minimum Gasteiger partial charge on any atom is -0.490 e. The van der Waals surface area contributed by atoms with E-state index in [2.05, 4.69) is 26.6 Å². The van der Waals surface area contributed by atoms with E-state index in [1.54, 1.807) is 26.0 Å². The molecule has 2 N–H and O–H groups in total. The number of nitrogens with one attached hydrogen (secondary N) is 2. The SMILES string of the molecule is CCOC(=O)COc1c(Br)cc(/C=C2/NC(=O)N(CC(=O)Nc3ccccc3F)C2=O)cc1OCC. The average molecular weight is 564 g/mol. The van der Waals surface area contributed by atoms with E-state index < -0.39 is 36.2 Å². The van der Waals surface area contributed by atoms with Crippen LogP contribution in [0.15, 0.2) is 46.6 Å². The van der Waals surface area contributed by atoms with Crippen molar-refractivity contribution in [3.63, 3.8) is 0 Å². The van der Waals surface area contributed by atoms with Crippen LogP contribution in [-0.2, 0) is 19.1 Å². The largest absolute Gasteiger partial charge is 0.490 e. The summed E-state index contributed by atoms with van der Waals surface area (Å²) in [5, 5.41) is 4.75. The molecule has 1 fully saturated rings. The topological polar surface area (TPSA) is 123 Å². The van der Waals surface area contributed by atoms with E-state index in [-0.39, 0.29) is 30.3 Å². The third-order valence-electron chi connectivity index (χ3n) is 4.69. The second-order valence-electron chi connectivity index (χ2n) is 7.26. The molecule has 0 aromatic heterocycles. The maximum Gasteiger partial charge on any atom is 0.344 e. The van der Waals surface area contributed by atoms with E-state index >= 15 is 0 Å². The minimum absolute atomic E-state index is 0.0658. The summed E-state index contributed by atoms with van der Waals surface area (Å²) in [5.74, 6) is -2.11. The van der Waals surface area contributed by atoms with Crippen LogP contribution >= 0.6 is 15.9 Å². The van der Waals surface area contributed by atoms with Gasteiger partial charge in [-0.2, -0.15) is 0 Å². The van der Waals surface area contributed by atoms with Crippen molar-refractivity contribution in [1.29, 1.82) is 0 Å². The number of esters is 1. The first-order valence-corrected chi connectivity index (χ1v) is 11.7. The number of nitrogens with zero attached hydrogens (tertiary/aromatic N) is 1. The highest BCUT2D eigenvalue weighted by Crippen LogP contribution is 2.37. The molecule has 4 amide bonds. The molecule has 2 aromatic carbocycles. The van der Waals surface area contributed by atoms with Crippen molar-refractivity contribution in [3.05, 3.63) is 57.9 Å². The van der Waals surface area contributed by atoms with Crippen LogP contribution in [-0.4, -0.2) is 55.1 Å². The Morgan fingerprint density at radius 2 is 1.89 bits per heavy atom. The Balaban J connectivity index is 1.76. The van der Waals surface area contributed by atoms with Gasteiger partial charge in [0.1, 0.15) is 18.1 Å². The van der Waals surface area contributed by atoms with Gasteiger partial charge in [-0.15, -0.1) is 0 Å². The van der Waals surface area contributed by atoms with Crippen molar-refractivity contribution >= 4 is 51.5 Å². The Hall–Kier alpha value is -3.93. The van der Waals surface area contributed by atoms with E-state index in [9.17, 15) is 23.6 Å². The summed E-state index contributed by atoms with van der Waals surface area (Å²) >= 11 is 3.36. The van der Waals surface area contributed by atoms with Gasteiger partial charge in [-0.3, -0.25) is 9.59 Å². The zero-order valence-corrected chi connectivity index (χ0v) is 21.0. The minimum atomic E-state index is -0.798. The number of anilines is 1. The van der Waals surface area contributed by atoms with Crippen molar-refractivity contribution in [1.82, 2.24) is 10.2 Å². The number of ether oxygens (including phenoxy) is 3. The van der Waals surface area contributed by atoms with E-state index in [1.807, 2.05) is 0 Å². The molecule has 12 heteroatoms. The molecule has 1 aliphatic heterocycles. The fourth-order valence-corrected chi connectivity index (χ4v) is 3.76. The first-order chi connectivity index (χ1) is 17.2. The molecule has 0 atom stereocenters. The van der Waals surface area contributed by atoms with Crippen LogP contribution in [0.3, 0.4) is 0 Å². The van der Waals surface area contributed by atoms with Crippen LogP contribution in [0.4, 0.5) is 14.9 Å². The summed E-state index contributed by atoms with van der Waals surface area (Å²) in [6, 6.07) is 7.90. The molecule has 1 saturated heterocycles. The number of carbonyl (C=O) groups is 4. The second-order valence-corrected chi connectivity index (χ2v) is 8.12. The Bertz CT molecular complexity index is 1220. The van der Waals surface area contributed by atoms with Gasteiger partial charge in [0.25, 0.3) is 5.91 Å². The maximum atomic E-state index is 13.8. The van der Waals surface area contributed by atoms with Crippen LogP contribution in [0.25, 0.3) is 6.08 Å². The number of rotatable bonds is 10. The van der Waals surface area contributed by atoms with Gasteiger partial charge in [0.2, 0.25) is 5.91 Å². The number of halogens is 2. The Morgan fingerprint density at radius 3 is 2.58 bits per heavy atom. The Morgan fingerprint density at radius 1 is 1.14 bits per heavy atom. The van der Waals surface area contributed by atoms with Crippen molar-refractivity contribution in [2.45, 2.75) is 13.8 Å². The molecule has 3 rings (SSSR count).